The van der Waals surface area contributed by atoms with Crippen molar-refractivity contribution in [2.45, 2.75) is 11.4 Å². The van der Waals surface area contributed by atoms with E-state index in [1.54, 1.807) is 7.11 Å². The molecule has 0 aliphatic carbocycles. The molecule has 10 heteroatoms. The van der Waals surface area contributed by atoms with Gasteiger partial charge in [-0.05, 0) is 60.7 Å². The summed E-state index contributed by atoms with van der Waals surface area (Å²) in [4.78, 5) is 17.6. The number of rotatable bonds is 7. The van der Waals surface area contributed by atoms with Crippen LogP contribution >= 0.6 is 11.3 Å². The molecule has 4 rings (SSSR count). The summed E-state index contributed by atoms with van der Waals surface area (Å²) in [6, 6.07) is 18.3. The molecule has 33 heavy (non-hydrogen) atoms. The highest BCUT2D eigenvalue weighted by Crippen LogP contribution is 2.19. The van der Waals surface area contributed by atoms with Gasteiger partial charge in [-0.2, -0.15) is 4.99 Å². The van der Waals surface area contributed by atoms with Crippen molar-refractivity contribution >= 4 is 43.2 Å². The Labute approximate surface area is 193 Å². The topological polar surface area (TPSA) is 89.8 Å². The molecule has 7 nitrogen and oxygen atoms in total. The molecule has 0 spiro atoms. The van der Waals surface area contributed by atoms with Gasteiger partial charge in [-0.3, -0.25) is 9.52 Å². The number of hydrogen-bond acceptors (Lipinski definition) is 5. The Hall–Kier alpha value is -3.34. The summed E-state index contributed by atoms with van der Waals surface area (Å²) < 4.78 is 48.5. The van der Waals surface area contributed by atoms with E-state index >= 15 is 0 Å². The van der Waals surface area contributed by atoms with Crippen LogP contribution in [0.25, 0.3) is 10.2 Å². The fourth-order valence-electron chi connectivity index (χ4n) is 3.16. The number of amides is 1. The summed E-state index contributed by atoms with van der Waals surface area (Å²) >= 11 is 1.41. The van der Waals surface area contributed by atoms with E-state index in [0.717, 1.165) is 22.3 Å². The third-order valence-electron chi connectivity index (χ3n) is 4.81. The van der Waals surface area contributed by atoms with E-state index < -0.39 is 21.7 Å². The van der Waals surface area contributed by atoms with Crippen molar-refractivity contribution in [1.82, 2.24) is 4.57 Å². The van der Waals surface area contributed by atoms with Crippen molar-refractivity contribution in [3.63, 3.8) is 0 Å². The molecular weight excluding hydrogens is 465 g/mol. The van der Waals surface area contributed by atoms with E-state index in [9.17, 15) is 17.6 Å². The van der Waals surface area contributed by atoms with Gasteiger partial charge in [0.05, 0.1) is 21.7 Å². The fraction of sp³-hybridized carbons (Fsp3) is 0.130. The van der Waals surface area contributed by atoms with E-state index in [4.69, 9.17) is 4.74 Å². The second-order valence-electron chi connectivity index (χ2n) is 7.05. The predicted octanol–water partition coefficient (Wildman–Crippen LogP) is 4.03. The van der Waals surface area contributed by atoms with Crippen LogP contribution in [-0.4, -0.2) is 32.6 Å². The maximum Gasteiger partial charge on any atom is 0.279 e. The van der Waals surface area contributed by atoms with Crippen molar-refractivity contribution in [1.29, 1.82) is 0 Å². The molecule has 0 aliphatic rings. The molecule has 4 aromatic rings. The number of fused-ring (bicyclic) bond motifs is 1. The first-order valence-corrected chi connectivity index (χ1v) is 12.2. The Morgan fingerprint density at radius 3 is 2.45 bits per heavy atom. The Kier molecular flexibility index (Phi) is 6.68. The summed E-state index contributed by atoms with van der Waals surface area (Å²) in [5, 5.41) is 0. The minimum Gasteiger partial charge on any atom is -0.383 e. The van der Waals surface area contributed by atoms with Crippen molar-refractivity contribution in [2.75, 3.05) is 18.4 Å². The lowest BCUT2D eigenvalue weighted by molar-refractivity contribution is 0.0997. The lowest BCUT2D eigenvalue weighted by Crippen LogP contribution is -2.19. The Bertz CT molecular complexity index is 1460. The van der Waals surface area contributed by atoms with E-state index in [1.165, 1.54) is 47.7 Å². The zero-order valence-electron chi connectivity index (χ0n) is 17.6. The maximum atomic E-state index is 13.1. The van der Waals surface area contributed by atoms with E-state index in [0.29, 0.717) is 23.5 Å². The van der Waals surface area contributed by atoms with Crippen molar-refractivity contribution < 1.29 is 22.3 Å². The van der Waals surface area contributed by atoms with Gasteiger partial charge in [0, 0.05) is 24.9 Å². The van der Waals surface area contributed by atoms with E-state index in [2.05, 4.69) is 9.71 Å². The Morgan fingerprint density at radius 1 is 1.06 bits per heavy atom. The monoisotopic (exact) mass is 485 g/mol. The molecule has 0 fully saturated rings. The number of aromatic nitrogens is 1. The molecule has 0 radical (unpaired) electrons. The standard InChI is InChI=1S/C23H20FN3O4S2/c1-31-15-14-27-20-4-2-3-5-21(20)32-23(27)25-22(28)16-6-10-18(11-7-16)26-33(29,30)19-12-8-17(24)9-13-19/h2-13,26H,14-15H2,1H3. The Morgan fingerprint density at radius 2 is 1.76 bits per heavy atom. The van der Waals surface area contributed by atoms with Crippen LogP contribution in [0.2, 0.25) is 0 Å². The summed E-state index contributed by atoms with van der Waals surface area (Å²) in [6.45, 7) is 1.03. The molecule has 0 saturated heterocycles. The van der Waals surface area contributed by atoms with Crippen LogP contribution < -0.4 is 9.52 Å². The van der Waals surface area contributed by atoms with Crippen LogP contribution in [0.5, 0.6) is 0 Å². The summed E-state index contributed by atoms with van der Waals surface area (Å²) in [7, 11) is -2.27. The third kappa shape index (κ3) is 5.19. The van der Waals surface area contributed by atoms with Crippen LogP contribution in [-0.2, 0) is 21.3 Å². The summed E-state index contributed by atoms with van der Waals surface area (Å²) in [5.41, 5.74) is 1.56. The number of benzene rings is 3. The second-order valence-corrected chi connectivity index (χ2v) is 9.74. The first-order chi connectivity index (χ1) is 15.9. The molecule has 1 heterocycles. The summed E-state index contributed by atoms with van der Waals surface area (Å²) in [5.74, 6) is -0.969. The number of nitrogens with one attached hydrogen (secondary N) is 1. The van der Waals surface area contributed by atoms with Crippen molar-refractivity contribution in [3.05, 3.63) is 89.0 Å². The number of carbonyl (C=O) groups excluding carboxylic acids is 1. The average molecular weight is 486 g/mol. The highest BCUT2D eigenvalue weighted by Gasteiger charge is 2.15. The summed E-state index contributed by atoms with van der Waals surface area (Å²) in [6.07, 6.45) is 0. The fourth-order valence-corrected chi connectivity index (χ4v) is 5.28. The van der Waals surface area contributed by atoms with Gasteiger partial charge in [0.1, 0.15) is 5.82 Å². The number of halogens is 1. The van der Waals surface area contributed by atoms with Gasteiger partial charge in [-0.15, -0.1) is 0 Å². The number of methoxy groups -OCH3 is 1. The first kappa shape index (κ1) is 22.8. The molecule has 3 aromatic carbocycles. The molecule has 1 amide bonds. The molecule has 0 saturated carbocycles. The third-order valence-corrected chi connectivity index (χ3v) is 7.27. The van der Waals surface area contributed by atoms with E-state index in [-0.39, 0.29) is 10.6 Å². The minimum atomic E-state index is -3.88. The maximum absolute atomic E-state index is 13.1. The number of thiazole rings is 1. The number of anilines is 1. The number of carbonyl (C=O) groups is 1. The van der Waals surface area contributed by atoms with Gasteiger partial charge in [-0.25, -0.2) is 12.8 Å². The van der Waals surface area contributed by atoms with Crippen LogP contribution in [0.1, 0.15) is 10.4 Å². The largest absolute Gasteiger partial charge is 0.383 e. The van der Waals surface area contributed by atoms with Gasteiger partial charge in [-0.1, -0.05) is 23.5 Å². The quantitative estimate of drug-likeness (QED) is 0.428. The second kappa shape index (κ2) is 9.65. The van der Waals surface area contributed by atoms with Crippen LogP contribution in [0.4, 0.5) is 10.1 Å². The lowest BCUT2D eigenvalue weighted by atomic mass is 10.2. The van der Waals surface area contributed by atoms with Crippen LogP contribution in [0, 0.1) is 5.82 Å². The molecule has 0 bridgehead atoms. The normalized spacial score (nSPS) is 12.2. The van der Waals surface area contributed by atoms with Crippen LogP contribution in [0.3, 0.4) is 0 Å². The van der Waals surface area contributed by atoms with Crippen molar-refractivity contribution in [2.24, 2.45) is 4.99 Å². The number of para-hydroxylation sites is 1. The highest BCUT2D eigenvalue weighted by atomic mass is 32.2. The molecule has 0 atom stereocenters. The molecule has 170 valence electrons. The Balaban J connectivity index is 1.58. The van der Waals surface area contributed by atoms with Gasteiger partial charge in [0.15, 0.2) is 4.80 Å². The SMILES string of the molecule is COCCn1c(=NC(=O)c2ccc(NS(=O)(=O)c3ccc(F)cc3)cc2)sc2ccccc21. The first-order valence-electron chi connectivity index (χ1n) is 9.92. The predicted molar refractivity (Wildman–Crippen MR) is 125 cm³/mol. The minimum absolute atomic E-state index is 0.0653. The number of sulfonamides is 1. The molecule has 0 aliphatic heterocycles. The molecule has 1 aromatic heterocycles. The highest BCUT2D eigenvalue weighted by molar-refractivity contribution is 7.92. The van der Waals surface area contributed by atoms with Gasteiger partial charge in [0.2, 0.25) is 0 Å². The molecular formula is C23H20FN3O4S2. The van der Waals surface area contributed by atoms with Crippen molar-refractivity contribution in [3.8, 4) is 0 Å². The smallest absolute Gasteiger partial charge is 0.279 e. The average Bonchev–Trinajstić information content (AvgIpc) is 3.15. The zero-order chi connectivity index (χ0) is 23.4. The van der Waals surface area contributed by atoms with Gasteiger partial charge < -0.3 is 9.30 Å². The number of ether oxygens (including phenoxy) is 1. The zero-order valence-corrected chi connectivity index (χ0v) is 19.2. The number of hydrogen-bond donors (Lipinski definition) is 1. The molecule has 0 unspecified atom stereocenters. The molecule has 1 N–H and O–H groups in total. The van der Waals surface area contributed by atoms with Crippen LogP contribution in [0.15, 0.2) is 82.7 Å². The van der Waals surface area contributed by atoms with E-state index in [1.807, 2.05) is 28.8 Å². The van der Waals surface area contributed by atoms with Gasteiger partial charge in [0.25, 0.3) is 15.9 Å². The van der Waals surface area contributed by atoms with Gasteiger partial charge >= 0.3 is 0 Å². The lowest BCUT2D eigenvalue weighted by Gasteiger charge is -2.08. The number of nitrogens with zero attached hydrogens (tertiary/aromatic N) is 2.